The first-order chi connectivity index (χ1) is 9.79. The van der Waals surface area contributed by atoms with Crippen LogP contribution in [0.25, 0.3) is 32.3 Å². The molecule has 0 radical (unpaired) electrons. The van der Waals surface area contributed by atoms with Crippen LogP contribution in [-0.2, 0) is 0 Å². The third-order valence-corrected chi connectivity index (χ3v) is 4.22. The van der Waals surface area contributed by atoms with Gasteiger partial charge in [-0.2, -0.15) is 0 Å². The Balaban J connectivity index is 2.26. The summed E-state index contributed by atoms with van der Waals surface area (Å²) in [4.78, 5) is 0. The maximum atomic E-state index is 6.17. The molecular weight excluding hydrogens is 244 g/mol. The number of hydrogen-bond acceptors (Lipinski definition) is 2. The minimum absolute atomic E-state index is 0.112. The fourth-order valence-electron chi connectivity index (χ4n) is 3.21. The number of benzene rings is 4. The lowest BCUT2D eigenvalue weighted by molar-refractivity contribution is 0.743. The first kappa shape index (κ1) is 11.6. The van der Waals surface area contributed by atoms with Crippen molar-refractivity contribution in [2.75, 3.05) is 6.54 Å². The Morgan fingerprint density at radius 2 is 1.35 bits per heavy atom. The third kappa shape index (κ3) is 1.46. The van der Waals surface area contributed by atoms with E-state index in [1.165, 1.54) is 32.3 Å². The van der Waals surface area contributed by atoms with Gasteiger partial charge < -0.3 is 11.5 Å². The summed E-state index contributed by atoms with van der Waals surface area (Å²) in [7, 11) is 0. The topological polar surface area (TPSA) is 52.0 Å². The predicted molar refractivity (Wildman–Crippen MR) is 86.1 cm³/mol. The zero-order valence-corrected chi connectivity index (χ0v) is 11.1. The summed E-state index contributed by atoms with van der Waals surface area (Å²) in [5, 5.41) is 7.68. The smallest absolute Gasteiger partial charge is 0.0425 e. The molecule has 4 N–H and O–H groups in total. The standard InChI is InChI=1S/C18H16N2/c19-10-16(20)14-8-6-13-5-4-11-2-1-3-12-7-9-15(14)18(13)17(11)12/h1-9,16H,10,19-20H2. The molecule has 20 heavy (non-hydrogen) atoms. The van der Waals surface area contributed by atoms with Crippen LogP contribution in [-0.4, -0.2) is 6.54 Å². The van der Waals surface area contributed by atoms with E-state index in [1.54, 1.807) is 0 Å². The van der Waals surface area contributed by atoms with E-state index in [0.717, 1.165) is 5.56 Å². The summed E-state index contributed by atoms with van der Waals surface area (Å²) in [6.45, 7) is 0.462. The highest BCUT2D eigenvalue weighted by Gasteiger charge is 2.13. The van der Waals surface area contributed by atoms with E-state index in [0.29, 0.717) is 6.54 Å². The molecule has 4 aromatic rings. The fraction of sp³-hybridized carbons (Fsp3) is 0.111. The van der Waals surface area contributed by atoms with Crippen LogP contribution < -0.4 is 11.5 Å². The Labute approximate surface area is 117 Å². The SMILES string of the molecule is NCC(N)c1ccc2ccc3cccc4ccc1c2c34. The molecule has 0 heterocycles. The Hall–Kier alpha value is -2.16. The molecule has 0 aliphatic carbocycles. The molecule has 2 heteroatoms. The van der Waals surface area contributed by atoms with Crippen molar-refractivity contribution in [3.63, 3.8) is 0 Å². The Bertz CT molecular complexity index is 895. The summed E-state index contributed by atoms with van der Waals surface area (Å²) in [5.41, 5.74) is 13.1. The molecule has 0 fully saturated rings. The van der Waals surface area contributed by atoms with Crippen molar-refractivity contribution in [1.29, 1.82) is 0 Å². The van der Waals surface area contributed by atoms with Crippen LogP contribution in [0.3, 0.4) is 0 Å². The van der Waals surface area contributed by atoms with E-state index in [9.17, 15) is 0 Å². The highest BCUT2D eigenvalue weighted by Crippen LogP contribution is 2.36. The molecular formula is C18H16N2. The molecule has 0 aliphatic rings. The minimum atomic E-state index is -0.112. The largest absolute Gasteiger partial charge is 0.329 e. The van der Waals surface area contributed by atoms with Gasteiger partial charge >= 0.3 is 0 Å². The van der Waals surface area contributed by atoms with Gasteiger partial charge in [0.25, 0.3) is 0 Å². The van der Waals surface area contributed by atoms with Gasteiger partial charge in [-0.15, -0.1) is 0 Å². The van der Waals surface area contributed by atoms with Gasteiger partial charge in [0.05, 0.1) is 0 Å². The molecule has 0 amide bonds. The van der Waals surface area contributed by atoms with Crippen LogP contribution in [0.4, 0.5) is 0 Å². The van der Waals surface area contributed by atoms with Gasteiger partial charge in [-0.3, -0.25) is 0 Å². The molecule has 2 nitrogen and oxygen atoms in total. The Morgan fingerprint density at radius 3 is 2.05 bits per heavy atom. The van der Waals surface area contributed by atoms with Crippen LogP contribution in [0.2, 0.25) is 0 Å². The van der Waals surface area contributed by atoms with Gasteiger partial charge in [-0.25, -0.2) is 0 Å². The van der Waals surface area contributed by atoms with Gasteiger partial charge in [0.15, 0.2) is 0 Å². The average molecular weight is 260 g/mol. The lowest BCUT2D eigenvalue weighted by Crippen LogP contribution is -2.20. The van der Waals surface area contributed by atoms with Crippen molar-refractivity contribution in [3.05, 3.63) is 60.2 Å². The summed E-state index contributed by atoms with van der Waals surface area (Å²) >= 11 is 0. The highest BCUT2D eigenvalue weighted by atomic mass is 14.7. The molecule has 0 spiro atoms. The van der Waals surface area contributed by atoms with E-state index in [4.69, 9.17) is 11.5 Å². The molecule has 0 saturated carbocycles. The molecule has 1 atom stereocenters. The number of rotatable bonds is 2. The van der Waals surface area contributed by atoms with Crippen molar-refractivity contribution in [2.24, 2.45) is 11.5 Å². The van der Waals surface area contributed by atoms with Crippen molar-refractivity contribution in [1.82, 2.24) is 0 Å². The normalized spacial score (nSPS) is 13.5. The molecule has 4 aromatic carbocycles. The van der Waals surface area contributed by atoms with E-state index >= 15 is 0 Å². The van der Waals surface area contributed by atoms with Crippen LogP contribution in [0.15, 0.2) is 54.6 Å². The van der Waals surface area contributed by atoms with E-state index < -0.39 is 0 Å². The molecule has 98 valence electrons. The lowest BCUT2D eigenvalue weighted by atomic mass is 9.90. The highest BCUT2D eigenvalue weighted by molar-refractivity contribution is 6.23. The average Bonchev–Trinajstić information content (AvgIpc) is 2.51. The number of hydrogen-bond donors (Lipinski definition) is 2. The molecule has 0 aliphatic heterocycles. The monoisotopic (exact) mass is 260 g/mol. The summed E-state index contributed by atoms with van der Waals surface area (Å²) in [6, 6.07) is 19.3. The summed E-state index contributed by atoms with van der Waals surface area (Å²) in [5.74, 6) is 0. The first-order valence-corrected chi connectivity index (χ1v) is 6.91. The number of nitrogens with two attached hydrogens (primary N) is 2. The van der Waals surface area contributed by atoms with Crippen LogP contribution in [0, 0.1) is 0 Å². The van der Waals surface area contributed by atoms with E-state index in [2.05, 4.69) is 54.6 Å². The second-order valence-corrected chi connectivity index (χ2v) is 5.35. The lowest BCUT2D eigenvalue weighted by Gasteiger charge is -2.16. The molecule has 0 bridgehead atoms. The first-order valence-electron chi connectivity index (χ1n) is 6.91. The van der Waals surface area contributed by atoms with Crippen molar-refractivity contribution >= 4 is 32.3 Å². The van der Waals surface area contributed by atoms with Gasteiger partial charge in [0, 0.05) is 12.6 Å². The molecule has 1 unspecified atom stereocenters. The Kier molecular flexibility index (Phi) is 2.43. The van der Waals surface area contributed by atoms with Crippen LogP contribution >= 0.6 is 0 Å². The molecule has 4 rings (SSSR count). The van der Waals surface area contributed by atoms with Crippen molar-refractivity contribution in [2.45, 2.75) is 6.04 Å². The van der Waals surface area contributed by atoms with Crippen molar-refractivity contribution in [3.8, 4) is 0 Å². The van der Waals surface area contributed by atoms with Gasteiger partial charge in [0.1, 0.15) is 0 Å². The van der Waals surface area contributed by atoms with Crippen molar-refractivity contribution < 1.29 is 0 Å². The van der Waals surface area contributed by atoms with Gasteiger partial charge in [-0.05, 0) is 37.9 Å². The van der Waals surface area contributed by atoms with E-state index in [1.807, 2.05) is 0 Å². The molecule has 0 aromatic heterocycles. The Morgan fingerprint density at radius 1 is 0.750 bits per heavy atom. The van der Waals surface area contributed by atoms with Crippen LogP contribution in [0.1, 0.15) is 11.6 Å². The zero-order valence-electron chi connectivity index (χ0n) is 11.1. The van der Waals surface area contributed by atoms with E-state index in [-0.39, 0.29) is 6.04 Å². The maximum Gasteiger partial charge on any atom is 0.0425 e. The third-order valence-electron chi connectivity index (χ3n) is 4.22. The summed E-state index contributed by atoms with van der Waals surface area (Å²) in [6.07, 6.45) is 0. The second kappa shape index (κ2) is 4.17. The van der Waals surface area contributed by atoms with Gasteiger partial charge in [-0.1, -0.05) is 54.6 Å². The predicted octanol–water partition coefficient (Wildman–Crippen LogP) is 3.54. The fourth-order valence-corrected chi connectivity index (χ4v) is 3.21. The molecule has 0 saturated heterocycles. The van der Waals surface area contributed by atoms with Crippen LogP contribution in [0.5, 0.6) is 0 Å². The van der Waals surface area contributed by atoms with Gasteiger partial charge in [0.2, 0.25) is 0 Å². The summed E-state index contributed by atoms with van der Waals surface area (Å²) < 4.78 is 0. The zero-order chi connectivity index (χ0) is 13.7. The second-order valence-electron chi connectivity index (χ2n) is 5.35. The quantitative estimate of drug-likeness (QED) is 0.542. The minimum Gasteiger partial charge on any atom is -0.329 e. The maximum absolute atomic E-state index is 6.17.